The molecule has 174 valence electrons. The van der Waals surface area contributed by atoms with E-state index in [-0.39, 0.29) is 11.5 Å². The number of benzene rings is 2. The van der Waals surface area contributed by atoms with E-state index >= 15 is 0 Å². The van der Waals surface area contributed by atoms with Crippen molar-refractivity contribution in [1.82, 2.24) is 4.98 Å². The van der Waals surface area contributed by atoms with E-state index in [2.05, 4.69) is 26.5 Å². The molecule has 1 aromatic heterocycles. The molecule has 0 radical (unpaired) electrons. The number of hydrogen-bond donors (Lipinski definition) is 1. The van der Waals surface area contributed by atoms with Crippen LogP contribution in [0.25, 0.3) is 0 Å². The van der Waals surface area contributed by atoms with Gasteiger partial charge < -0.3 is 14.8 Å². The molecule has 0 saturated carbocycles. The summed E-state index contributed by atoms with van der Waals surface area (Å²) in [5.74, 6) is 6.20. The summed E-state index contributed by atoms with van der Waals surface area (Å²) in [6.45, 7) is 1.37. The maximum absolute atomic E-state index is 13.2. The minimum Gasteiger partial charge on any atom is -0.497 e. The number of nitrogens with one attached hydrogen (secondary N) is 1. The highest BCUT2D eigenvalue weighted by Gasteiger charge is 2.13. The van der Waals surface area contributed by atoms with Crippen molar-refractivity contribution in [1.29, 1.82) is 0 Å². The van der Waals surface area contributed by atoms with Crippen LogP contribution in [0, 0.1) is 11.8 Å². The SMILES string of the molecule is COc1cc(C#Cc2cncc(C(=O)N=S(C)(=O)c3cccc(NC(C)=O)c3)c2)cc(OC)c1. The highest BCUT2D eigenvalue weighted by molar-refractivity contribution is 7.93. The molecule has 3 aromatic rings. The van der Waals surface area contributed by atoms with Gasteiger partial charge in [0.2, 0.25) is 5.91 Å². The largest absolute Gasteiger partial charge is 0.497 e. The van der Waals surface area contributed by atoms with Crippen LogP contribution in [-0.4, -0.2) is 41.5 Å². The molecule has 0 saturated heterocycles. The minimum absolute atomic E-state index is 0.155. The molecule has 0 aliphatic carbocycles. The number of carbonyl (C=O) groups excluding carboxylic acids is 2. The number of carbonyl (C=O) groups is 2. The second-order valence-electron chi connectivity index (χ2n) is 7.22. The molecular formula is C25H23N3O5S. The fourth-order valence-electron chi connectivity index (χ4n) is 2.93. The highest BCUT2D eigenvalue weighted by Crippen LogP contribution is 2.22. The normalized spacial score (nSPS) is 11.9. The second-order valence-corrected chi connectivity index (χ2v) is 9.48. The Balaban J connectivity index is 1.89. The van der Waals surface area contributed by atoms with Gasteiger partial charge in [-0.2, -0.15) is 4.36 Å². The summed E-state index contributed by atoms with van der Waals surface area (Å²) in [4.78, 5) is 28.4. The van der Waals surface area contributed by atoms with Crippen molar-refractivity contribution in [2.45, 2.75) is 11.8 Å². The number of nitrogens with zero attached hydrogens (tertiary/aromatic N) is 2. The van der Waals surface area contributed by atoms with E-state index in [1.807, 2.05) is 0 Å². The molecule has 0 aliphatic rings. The molecule has 3 rings (SSSR count). The van der Waals surface area contributed by atoms with E-state index in [9.17, 15) is 13.8 Å². The van der Waals surface area contributed by atoms with Crippen LogP contribution in [0.3, 0.4) is 0 Å². The van der Waals surface area contributed by atoms with E-state index in [0.29, 0.717) is 33.2 Å². The van der Waals surface area contributed by atoms with Crippen molar-refractivity contribution in [2.24, 2.45) is 4.36 Å². The molecule has 0 fully saturated rings. The lowest BCUT2D eigenvalue weighted by Crippen LogP contribution is -2.08. The van der Waals surface area contributed by atoms with Gasteiger partial charge in [-0.25, -0.2) is 4.21 Å². The topological polar surface area (TPSA) is 107 Å². The lowest BCUT2D eigenvalue weighted by molar-refractivity contribution is -0.114. The Bertz CT molecular complexity index is 1410. The lowest BCUT2D eigenvalue weighted by Gasteiger charge is -2.07. The zero-order valence-electron chi connectivity index (χ0n) is 19.1. The van der Waals surface area contributed by atoms with Crippen LogP contribution in [0.4, 0.5) is 5.69 Å². The Morgan fingerprint density at radius 3 is 2.29 bits per heavy atom. The first kappa shape index (κ1) is 24.5. The third kappa shape index (κ3) is 6.43. The standard InChI is InChI=1S/C25H23N3O5S/c1-17(29)27-21-6-5-7-24(13-21)34(4,31)28-25(30)20-10-19(15-26-16-20)9-8-18-11-22(32-2)14-23(12-18)33-3/h5-7,10-16H,1-4H3,(H,27,29). The van der Waals surface area contributed by atoms with Crippen molar-refractivity contribution in [3.05, 3.63) is 77.6 Å². The van der Waals surface area contributed by atoms with Crippen LogP contribution >= 0.6 is 0 Å². The van der Waals surface area contributed by atoms with Crippen molar-refractivity contribution in [2.75, 3.05) is 25.8 Å². The summed E-state index contributed by atoms with van der Waals surface area (Å²) in [5.41, 5.74) is 1.77. The summed E-state index contributed by atoms with van der Waals surface area (Å²) >= 11 is 0. The smallest absolute Gasteiger partial charge is 0.286 e. The van der Waals surface area contributed by atoms with E-state index < -0.39 is 15.6 Å². The molecule has 0 spiro atoms. The van der Waals surface area contributed by atoms with Crippen LogP contribution in [0.2, 0.25) is 0 Å². The molecule has 2 aromatic carbocycles. The Hall–Kier alpha value is -4.16. The molecule has 2 amide bonds. The Morgan fingerprint density at radius 1 is 0.971 bits per heavy atom. The van der Waals surface area contributed by atoms with E-state index in [4.69, 9.17) is 9.47 Å². The van der Waals surface area contributed by atoms with Crippen molar-refractivity contribution < 1.29 is 23.3 Å². The van der Waals surface area contributed by atoms with Gasteiger partial charge in [0.1, 0.15) is 11.5 Å². The summed E-state index contributed by atoms with van der Waals surface area (Å²) < 4.78 is 27.6. The average molecular weight is 478 g/mol. The van der Waals surface area contributed by atoms with E-state index in [0.717, 1.165) is 0 Å². The van der Waals surface area contributed by atoms with Crippen LogP contribution in [0.1, 0.15) is 28.4 Å². The van der Waals surface area contributed by atoms with Crippen molar-refractivity contribution >= 4 is 27.2 Å². The van der Waals surface area contributed by atoms with Crippen LogP contribution in [-0.2, 0) is 14.5 Å². The van der Waals surface area contributed by atoms with Gasteiger partial charge in [0, 0.05) is 53.3 Å². The first-order valence-electron chi connectivity index (χ1n) is 10.0. The molecule has 1 atom stereocenters. The van der Waals surface area contributed by atoms with Gasteiger partial charge in [-0.3, -0.25) is 14.6 Å². The molecule has 1 heterocycles. The predicted octanol–water partition coefficient (Wildman–Crippen LogP) is 3.75. The summed E-state index contributed by atoms with van der Waals surface area (Å²) in [7, 11) is 0.0369. The zero-order chi connectivity index (χ0) is 24.7. The third-order valence-electron chi connectivity index (χ3n) is 4.54. The number of amides is 2. The Morgan fingerprint density at radius 2 is 1.65 bits per heavy atom. The van der Waals surface area contributed by atoms with Gasteiger partial charge in [0.05, 0.1) is 29.5 Å². The summed E-state index contributed by atoms with van der Waals surface area (Å²) in [6, 6.07) is 13.2. The number of hydrogen-bond acceptors (Lipinski definition) is 6. The number of methoxy groups -OCH3 is 2. The fourth-order valence-corrected chi connectivity index (χ4v) is 4.13. The second kappa shape index (κ2) is 10.6. The van der Waals surface area contributed by atoms with Crippen molar-refractivity contribution in [3.63, 3.8) is 0 Å². The predicted molar refractivity (Wildman–Crippen MR) is 130 cm³/mol. The Kier molecular flexibility index (Phi) is 7.66. The fraction of sp³-hybridized carbons (Fsp3) is 0.160. The van der Waals surface area contributed by atoms with Gasteiger partial charge >= 0.3 is 0 Å². The van der Waals surface area contributed by atoms with Gasteiger partial charge in [-0.05, 0) is 36.4 Å². The van der Waals surface area contributed by atoms with Crippen LogP contribution in [0.15, 0.2) is 70.2 Å². The van der Waals surface area contributed by atoms with Gasteiger partial charge in [-0.1, -0.05) is 17.9 Å². The number of anilines is 1. The monoisotopic (exact) mass is 477 g/mol. The third-order valence-corrected chi connectivity index (χ3v) is 6.18. The maximum atomic E-state index is 13.2. The molecule has 0 aliphatic heterocycles. The molecule has 0 bridgehead atoms. The van der Waals surface area contributed by atoms with Crippen molar-refractivity contribution in [3.8, 4) is 23.3 Å². The van der Waals surface area contributed by atoms with Crippen LogP contribution < -0.4 is 14.8 Å². The first-order chi connectivity index (χ1) is 16.2. The summed E-state index contributed by atoms with van der Waals surface area (Å²) in [5, 5.41) is 2.62. The quantitative estimate of drug-likeness (QED) is 0.561. The summed E-state index contributed by atoms with van der Waals surface area (Å²) in [6.07, 6.45) is 4.22. The molecule has 8 nitrogen and oxygen atoms in total. The average Bonchev–Trinajstić information content (AvgIpc) is 2.82. The number of aromatic nitrogens is 1. The molecular weight excluding hydrogens is 454 g/mol. The van der Waals surface area contributed by atoms with Crippen LogP contribution in [0.5, 0.6) is 11.5 Å². The number of ether oxygens (including phenoxy) is 2. The number of pyridine rings is 1. The first-order valence-corrected chi connectivity index (χ1v) is 12.0. The zero-order valence-corrected chi connectivity index (χ0v) is 19.9. The number of rotatable bonds is 5. The highest BCUT2D eigenvalue weighted by atomic mass is 32.2. The molecule has 34 heavy (non-hydrogen) atoms. The van der Waals surface area contributed by atoms with Gasteiger partial charge in [-0.15, -0.1) is 0 Å². The van der Waals surface area contributed by atoms with E-state index in [1.165, 1.54) is 37.7 Å². The molecule has 9 heteroatoms. The lowest BCUT2D eigenvalue weighted by atomic mass is 10.1. The Labute approximate surface area is 198 Å². The molecule has 1 N–H and O–H groups in total. The molecule has 1 unspecified atom stereocenters. The van der Waals surface area contributed by atoms with Gasteiger partial charge in [0.25, 0.3) is 5.91 Å². The minimum atomic E-state index is -3.07. The van der Waals surface area contributed by atoms with Gasteiger partial charge in [0.15, 0.2) is 0 Å². The maximum Gasteiger partial charge on any atom is 0.286 e. The van der Waals surface area contributed by atoms with E-state index in [1.54, 1.807) is 50.6 Å².